The van der Waals surface area contributed by atoms with E-state index in [0.717, 1.165) is 19.3 Å². The predicted octanol–water partition coefficient (Wildman–Crippen LogP) is 0.393. The minimum Gasteiger partial charge on any atom is -0.396 e. The second-order valence-electron chi connectivity index (χ2n) is 4.93. The van der Waals surface area contributed by atoms with E-state index in [1.165, 1.54) is 0 Å². The van der Waals surface area contributed by atoms with E-state index in [2.05, 4.69) is 5.32 Å². The summed E-state index contributed by atoms with van der Waals surface area (Å²) in [7, 11) is 0. The summed E-state index contributed by atoms with van der Waals surface area (Å²) in [6.07, 6.45) is 3.61. The first-order valence-electron chi connectivity index (χ1n) is 5.64. The number of rotatable bonds is 6. The Bertz CT molecular complexity index is 235. The highest BCUT2D eigenvalue weighted by Crippen LogP contribution is 2.47. The number of hydrogen-bond acceptors (Lipinski definition) is 3. The van der Waals surface area contributed by atoms with E-state index in [0.29, 0.717) is 13.0 Å². The first kappa shape index (κ1) is 12.5. The normalized spacial score (nSPS) is 21.9. The SMILES string of the molecule is CCC(C)(N)C(=O)NCC1(CCO)CC1. The molecule has 88 valence electrons. The second-order valence-corrected chi connectivity index (χ2v) is 4.93. The zero-order valence-corrected chi connectivity index (χ0v) is 9.68. The lowest BCUT2D eigenvalue weighted by Crippen LogP contribution is -2.52. The van der Waals surface area contributed by atoms with Crippen molar-refractivity contribution < 1.29 is 9.90 Å². The third kappa shape index (κ3) is 3.18. The molecule has 1 fully saturated rings. The lowest BCUT2D eigenvalue weighted by Gasteiger charge is -2.23. The zero-order valence-electron chi connectivity index (χ0n) is 9.68. The first-order chi connectivity index (χ1) is 6.96. The molecular formula is C11H22N2O2. The summed E-state index contributed by atoms with van der Waals surface area (Å²) in [6.45, 7) is 4.50. The van der Waals surface area contributed by atoms with E-state index >= 15 is 0 Å². The first-order valence-corrected chi connectivity index (χ1v) is 5.64. The van der Waals surface area contributed by atoms with Crippen LogP contribution in [0.25, 0.3) is 0 Å². The average molecular weight is 214 g/mol. The molecule has 0 saturated heterocycles. The lowest BCUT2D eigenvalue weighted by atomic mass is 9.98. The lowest BCUT2D eigenvalue weighted by molar-refractivity contribution is -0.126. The van der Waals surface area contributed by atoms with Gasteiger partial charge in [0.1, 0.15) is 0 Å². The Balaban J connectivity index is 2.34. The largest absolute Gasteiger partial charge is 0.396 e. The van der Waals surface area contributed by atoms with Crippen LogP contribution in [0.4, 0.5) is 0 Å². The molecule has 1 rings (SSSR count). The molecule has 0 aromatic rings. The molecule has 1 aliphatic rings. The van der Waals surface area contributed by atoms with E-state index in [1.807, 2.05) is 6.92 Å². The van der Waals surface area contributed by atoms with Crippen molar-refractivity contribution in [3.05, 3.63) is 0 Å². The van der Waals surface area contributed by atoms with Crippen LogP contribution >= 0.6 is 0 Å². The Morgan fingerprint density at radius 2 is 2.20 bits per heavy atom. The number of carbonyl (C=O) groups excluding carboxylic acids is 1. The van der Waals surface area contributed by atoms with Crippen LogP contribution in [0.1, 0.15) is 39.5 Å². The van der Waals surface area contributed by atoms with Crippen molar-refractivity contribution in [2.24, 2.45) is 11.1 Å². The predicted molar refractivity (Wildman–Crippen MR) is 59.3 cm³/mol. The van der Waals surface area contributed by atoms with Crippen LogP contribution < -0.4 is 11.1 Å². The molecule has 0 radical (unpaired) electrons. The van der Waals surface area contributed by atoms with Gasteiger partial charge in [0.05, 0.1) is 5.54 Å². The highest BCUT2D eigenvalue weighted by molar-refractivity contribution is 5.85. The van der Waals surface area contributed by atoms with Crippen LogP contribution in [0.3, 0.4) is 0 Å². The maximum absolute atomic E-state index is 11.7. The number of aliphatic hydroxyl groups is 1. The van der Waals surface area contributed by atoms with Crippen LogP contribution in [0.2, 0.25) is 0 Å². The molecule has 1 atom stereocenters. The highest BCUT2D eigenvalue weighted by Gasteiger charge is 2.42. The highest BCUT2D eigenvalue weighted by atomic mass is 16.3. The average Bonchev–Trinajstić information content (AvgIpc) is 2.95. The van der Waals surface area contributed by atoms with Gasteiger partial charge in [0.15, 0.2) is 0 Å². The standard InChI is InChI=1S/C11H22N2O2/c1-3-10(2,12)9(15)13-8-11(4-5-11)6-7-14/h14H,3-8,12H2,1-2H3,(H,13,15). The quantitative estimate of drug-likeness (QED) is 0.599. The van der Waals surface area contributed by atoms with Crippen molar-refractivity contribution in [1.82, 2.24) is 5.32 Å². The van der Waals surface area contributed by atoms with Crippen molar-refractivity contribution >= 4 is 5.91 Å². The second kappa shape index (κ2) is 4.49. The molecule has 0 aromatic heterocycles. The molecule has 0 aromatic carbocycles. The molecule has 4 N–H and O–H groups in total. The fourth-order valence-electron chi connectivity index (χ4n) is 1.56. The van der Waals surface area contributed by atoms with Gasteiger partial charge < -0.3 is 16.2 Å². The third-order valence-corrected chi connectivity index (χ3v) is 3.48. The van der Waals surface area contributed by atoms with Crippen LogP contribution in [-0.4, -0.2) is 29.7 Å². The number of nitrogens with one attached hydrogen (secondary N) is 1. The van der Waals surface area contributed by atoms with E-state index in [4.69, 9.17) is 10.8 Å². The molecule has 4 heteroatoms. The Hall–Kier alpha value is -0.610. The summed E-state index contributed by atoms with van der Waals surface area (Å²) in [5.74, 6) is -0.0887. The number of nitrogens with two attached hydrogens (primary N) is 1. The minimum atomic E-state index is -0.769. The van der Waals surface area contributed by atoms with E-state index in [-0.39, 0.29) is 17.9 Å². The zero-order chi connectivity index (χ0) is 11.5. The van der Waals surface area contributed by atoms with Gasteiger partial charge in [-0.25, -0.2) is 0 Å². The van der Waals surface area contributed by atoms with Gasteiger partial charge in [-0.15, -0.1) is 0 Å². The smallest absolute Gasteiger partial charge is 0.239 e. The number of carbonyl (C=O) groups is 1. The molecule has 1 unspecified atom stereocenters. The molecule has 1 aliphatic carbocycles. The van der Waals surface area contributed by atoms with Crippen LogP contribution in [0.15, 0.2) is 0 Å². The van der Waals surface area contributed by atoms with Crippen molar-refractivity contribution in [3.63, 3.8) is 0 Å². The van der Waals surface area contributed by atoms with E-state index in [1.54, 1.807) is 6.92 Å². The molecule has 0 aliphatic heterocycles. The molecular weight excluding hydrogens is 192 g/mol. The molecule has 4 nitrogen and oxygen atoms in total. The van der Waals surface area contributed by atoms with Crippen molar-refractivity contribution in [2.75, 3.05) is 13.2 Å². The Kier molecular flexibility index (Phi) is 3.73. The molecule has 1 saturated carbocycles. The summed E-state index contributed by atoms with van der Waals surface area (Å²) >= 11 is 0. The third-order valence-electron chi connectivity index (χ3n) is 3.48. The molecule has 1 amide bonds. The monoisotopic (exact) mass is 214 g/mol. The summed E-state index contributed by atoms with van der Waals surface area (Å²) in [4.78, 5) is 11.7. The Morgan fingerprint density at radius 1 is 1.60 bits per heavy atom. The summed E-state index contributed by atoms with van der Waals surface area (Å²) in [5, 5.41) is 11.8. The van der Waals surface area contributed by atoms with Gasteiger partial charge in [0.2, 0.25) is 5.91 Å². The Morgan fingerprint density at radius 3 is 2.60 bits per heavy atom. The minimum absolute atomic E-state index is 0.0887. The van der Waals surface area contributed by atoms with E-state index in [9.17, 15) is 4.79 Å². The Labute approximate surface area is 91.2 Å². The molecule has 0 spiro atoms. The van der Waals surface area contributed by atoms with Crippen molar-refractivity contribution in [1.29, 1.82) is 0 Å². The molecule has 0 bridgehead atoms. The molecule has 0 heterocycles. The van der Waals surface area contributed by atoms with Gasteiger partial charge in [-0.3, -0.25) is 4.79 Å². The maximum atomic E-state index is 11.7. The van der Waals surface area contributed by atoms with Gasteiger partial charge in [0, 0.05) is 13.2 Å². The topological polar surface area (TPSA) is 75.4 Å². The van der Waals surface area contributed by atoms with Gasteiger partial charge in [0.25, 0.3) is 0 Å². The fourth-order valence-corrected chi connectivity index (χ4v) is 1.56. The van der Waals surface area contributed by atoms with Crippen molar-refractivity contribution in [3.8, 4) is 0 Å². The van der Waals surface area contributed by atoms with Crippen LogP contribution in [-0.2, 0) is 4.79 Å². The van der Waals surface area contributed by atoms with Crippen LogP contribution in [0.5, 0.6) is 0 Å². The van der Waals surface area contributed by atoms with Crippen molar-refractivity contribution in [2.45, 2.75) is 45.1 Å². The van der Waals surface area contributed by atoms with Gasteiger partial charge in [-0.2, -0.15) is 0 Å². The molecule has 15 heavy (non-hydrogen) atoms. The van der Waals surface area contributed by atoms with Gasteiger partial charge >= 0.3 is 0 Å². The van der Waals surface area contributed by atoms with E-state index < -0.39 is 5.54 Å². The van der Waals surface area contributed by atoms with Gasteiger partial charge in [-0.05, 0) is 38.0 Å². The maximum Gasteiger partial charge on any atom is 0.239 e. The fraction of sp³-hybridized carbons (Fsp3) is 0.909. The summed E-state index contributed by atoms with van der Waals surface area (Å²) in [6, 6.07) is 0. The van der Waals surface area contributed by atoms with Crippen LogP contribution in [0, 0.1) is 5.41 Å². The summed E-state index contributed by atoms with van der Waals surface area (Å²) < 4.78 is 0. The number of amides is 1. The van der Waals surface area contributed by atoms with Gasteiger partial charge in [-0.1, -0.05) is 6.92 Å². The summed E-state index contributed by atoms with van der Waals surface area (Å²) in [5.41, 5.74) is 5.21. The number of aliphatic hydroxyl groups excluding tert-OH is 1. The number of hydrogen-bond donors (Lipinski definition) is 3.